The molecule has 2 saturated carbocycles. The van der Waals surface area contributed by atoms with Gasteiger partial charge in [-0.05, 0) is 111 Å². The number of carbonyl (C=O) groups excluding carboxylic acids is 4. The van der Waals surface area contributed by atoms with Crippen LogP contribution in [0.5, 0.6) is 0 Å². The van der Waals surface area contributed by atoms with Gasteiger partial charge in [-0.15, -0.1) is 22.7 Å². The number of hydrogen-bond acceptors (Lipinski definition) is 8. The molecule has 0 aliphatic heterocycles. The molecule has 10 aromatic rings. The van der Waals surface area contributed by atoms with Crippen molar-refractivity contribution in [3.63, 3.8) is 0 Å². The van der Waals surface area contributed by atoms with E-state index in [0.29, 0.717) is 0 Å². The Balaban J connectivity index is 0.000000300. The molecule has 13 heteroatoms. The van der Waals surface area contributed by atoms with Gasteiger partial charge in [0.25, 0.3) is 0 Å². The van der Waals surface area contributed by atoms with Gasteiger partial charge in [-0.3, -0.25) is 0 Å². The summed E-state index contributed by atoms with van der Waals surface area (Å²) in [4.78, 5) is 35.3. The number of rotatable bonds is 4. The van der Waals surface area contributed by atoms with Crippen LogP contribution in [0.4, 0.5) is 0 Å². The number of fused-ring (bicyclic) bond motifs is 2. The van der Waals surface area contributed by atoms with Gasteiger partial charge in [0.2, 0.25) is 0 Å². The number of aryl methyl sites for hydroxylation is 2. The molecule has 8 aromatic carbocycles. The summed E-state index contributed by atoms with van der Waals surface area (Å²) in [5, 5.41) is 19.3. The molecule has 12 rings (SSSR count). The molecule has 0 amide bonds. The first kappa shape index (κ1) is 66.3. The van der Waals surface area contributed by atoms with Crippen molar-refractivity contribution in [1.82, 2.24) is 0 Å². The van der Waals surface area contributed by atoms with E-state index >= 15 is 0 Å². The van der Waals surface area contributed by atoms with E-state index in [1.54, 1.807) is 5.56 Å². The maximum absolute atomic E-state index is 8.25. The topological polar surface area (TPSA) is 109 Å². The largest absolute Gasteiger partial charge is 0.184 e. The van der Waals surface area contributed by atoms with E-state index in [-0.39, 0.29) is 41.5 Å². The van der Waals surface area contributed by atoms with Crippen LogP contribution in [0.3, 0.4) is 0 Å². The number of thiophene rings is 2. The first-order chi connectivity index (χ1) is 36.6. The van der Waals surface area contributed by atoms with Crippen molar-refractivity contribution in [3.8, 4) is 22.3 Å². The molecule has 0 radical (unpaired) electrons. The third kappa shape index (κ3) is 28.3. The minimum Gasteiger partial charge on any atom is -0.184 e. The standard InChI is InChI=1S/C12H12S.2C12H10.C9H7BrS.2C6H5.C3H7BO2.2CO2.CH4.2ClH.Pd/c1-8-7-10-3-2-4-11(9-5-6-9)12(10)13-8;2*1-3-7-11(8-4-1)12-9-5-2-6-10-12;1-6-5-7-3-2-4-8(10)9(7)11-6;2*1-2-4-6-5-3-1;5-4(6)3-1-2-3;2*2-1-3;;;;/h2-4,7,9H,5-6H2,1H3;2*1-10H;2-5H,1H3;2*1-5H;3,5-6H,1-2H2;;;1H4;2*1H;/q;;;;2*-1;;;;;;;+2/p-2. The van der Waals surface area contributed by atoms with E-state index in [2.05, 4.69) is 188 Å². The molecule has 2 aliphatic carbocycles. The molecule has 2 heterocycles. The Kier molecular flexibility index (Phi) is 36.0. The normalized spacial score (nSPS) is 10.9. The summed E-state index contributed by atoms with van der Waals surface area (Å²) in [6, 6.07) is 84.1. The second kappa shape index (κ2) is 41.3. The van der Waals surface area contributed by atoms with E-state index in [9.17, 15) is 0 Å². The zero-order valence-electron chi connectivity index (χ0n) is 41.3. The van der Waals surface area contributed by atoms with Crippen molar-refractivity contribution in [1.29, 1.82) is 0 Å². The number of hydrogen-bond donors (Lipinski definition) is 2. The monoisotopic (exact) mass is 1240 g/mol. The molecule has 2 aromatic heterocycles. The van der Waals surface area contributed by atoms with Gasteiger partial charge in [0.1, 0.15) is 0 Å². The summed E-state index contributed by atoms with van der Waals surface area (Å²) in [6.07, 6.45) is 5.29. The molecule has 0 spiro atoms. The van der Waals surface area contributed by atoms with Gasteiger partial charge in [-0.2, -0.15) is 92.0 Å². The third-order valence-electron chi connectivity index (χ3n) is 10.4. The Bertz CT molecular complexity index is 2820. The van der Waals surface area contributed by atoms with Gasteiger partial charge in [0.15, 0.2) is 0 Å². The van der Waals surface area contributed by atoms with Gasteiger partial charge >= 0.3 is 54.4 Å². The third-order valence-corrected chi connectivity index (χ3v) is 13.5. The smallest absolute Gasteiger partial charge is 0.0184 e. The first-order valence-electron chi connectivity index (χ1n) is 23.4. The van der Waals surface area contributed by atoms with E-state index in [1.807, 2.05) is 108 Å². The zero-order valence-corrected chi connectivity index (χ0v) is 47.6. The predicted octanol–water partition coefficient (Wildman–Crippen LogP) is 18.2. The summed E-state index contributed by atoms with van der Waals surface area (Å²) in [5.74, 6) is 1.09. The maximum Gasteiger partial charge on any atom is -0.0184 e. The van der Waals surface area contributed by atoms with Crippen LogP contribution in [0.1, 0.15) is 54.3 Å². The molecular weight excluding hydrogens is 1180 g/mol. The van der Waals surface area contributed by atoms with Crippen LogP contribution in [-0.2, 0) is 35.1 Å². The second-order valence-electron chi connectivity index (χ2n) is 16.0. The van der Waals surface area contributed by atoms with Crippen LogP contribution < -0.4 is 0 Å². The minimum atomic E-state index is -1.04. The molecule has 0 atom stereocenters. The van der Waals surface area contributed by atoms with E-state index in [4.69, 9.17) is 48.3 Å². The fourth-order valence-electron chi connectivity index (χ4n) is 6.69. The van der Waals surface area contributed by atoms with Crippen molar-refractivity contribution in [2.45, 2.75) is 58.7 Å². The van der Waals surface area contributed by atoms with Crippen molar-refractivity contribution in [3.05, 3.63) is 262 Å². The van der Waals surface area contributed by atoms with Crippen molar-refractivity contribution < 1.29 is 45.2 Å². The van der Waals surface area contributed by atoms with Crippen LogP contribution >= 0.6 is 57.7 Å². The molecule has 2 N–H and O–H groups in total. The van der Waals surface area contributed by atoms with Crippen molar-refractivity contribution >= 4 is 97.3 Å². The van der Waals surface area contributed by atoms with Gasteiger partial charge in [0.05, 0.1) is 0 Å². The Morgan fingerprint density at radius 3 is 1.08 bits per heavy atom. The van der Waals surface area contributed by atoms with Crippen molar-refractivity contribution in [2.75, 3.05) is 0 Å². The average Bonchev–Trinajstić information content (AvgIpc) is 4.41. The SMILES string of the molecule is C.Cc1cc2cccc(Br)c2s1.Cc1cc2cccc(C3CC3)c2s1.O=C=O.O=C=O.OB(O)C1CC1.[Cl][Pd][Cl].[c-]1ccccc1.[c-]1ccccc1.c1ccc(-c2ccccc2)cc1.c1ccc(-c2ccccc2)cc1. The fraction of sp³-hybridized carbons (Fsp3) is 0.143. The average molecular weight is 1250 g/mol. The van der Waals surface area contributed by atoms with Crippen LogP contribution in [0.25, 0.3) is 42.4 Å². The maximum atomic E-state index is 8.25. The Labute approximate surface area is 481 Å². The molecule has 76 heavy (non-hydrogen) atoms. The zero-order chi connectivity index (χ0) is 54.3. The summed E-state index contributed by atoms with van der Waals surface area (Å²) < 4.78 is 4.08. The number of halogens is 3. The van der Waals surface area contributed by atoms with Gasteiger partial charge in [-0.25, -0.2) is 0 Å². The molecule has 6 nitrogen and oxygen atoms in total. The minimum absolute atomic E-state index is 0. The first-order valence-corrected chi connectivity index (χ1v) is 29.9. The molecule has 0 unspecified atom stereocenters. The van der Waals surface area contributed by atoms with Crippen molar-refractivity contribution in [2.24, 2.45) is 0 Å². The van der Waals surface area contributed by atoms with Crippen LogP contribution in [0.2, 0.25) is 5.82 Å². The molecule has 2 aliphatic rings. The molecule has 396 valence electrons. The Morgan fingerprint density at radius 2 is 0.816 bits per heavy atom. The summed E-state index contributed by atoms with van der Waals surface area (Å²) in [6.45, 7) is 4.33. The Hall–Kier alpha value is -5.85. The van der Waals surface area contributed by atoms with Crippen LogP contribution in [-0.4, -0.2) is 29.5 Å². The van der Waals surface area contributed by atoms with E-state index in [0.717, 1.165) is 18.8 Å². The van der Waals surface area contributed by atoms with E-state index in [1.165, 1.54) is 69.5 Å². The summed E-state index contributed by atoms with van der Waals surface area (Å²) in [5.41, 5.74) is 6.70. The Morgan fingerprint density at radius 1 is 0.500 bits per heavy atom. The molecule has 2 fully saturated rings. The fourth-order valence-corrected chi connectivity index (χ4v) is 9.33. The molecular formula is C63H60BBrCl2O6PdS2-2. The van der Waals surface area contributed by atoms with Gasteiger partial charge in [-0.1, -0.05) is 172 Å². The second-order valence-corrected chi connectivity index (χ2v) is 21.7. The van der Waals surface area contributed by atoms with Crippen LogP contribution in [0.15, 0.2) is 235 Å². The summed E-state index contributed by atoms with van der Waals surface area (Å²) in [7, 11) is 8.59. The summed E-state index contributed by atoms with van der Waals surface area (Å²) >= 11 is 7.19. The predicted molar refractivity (Wildman–Crippen MR) is 319 cm³/mol. The van der Waals surface area contributed by atoms with Gasteiger partial charge in [0, 0.05) is 23.6 Å². The molecule has 0 saturated heterocycles. The van der Waals surface area contributed by atoms with E-state index < -0.39 is 7.12 Å². The van der Waals surface area contributed by atoms with Gasteiger partial charge < -0.3 is 10.0 Å². The van der Waals surface area contributed by atoms with Crippen LogP contribution in [0, 0.1) is 26.0 Å². The molecule has 0 bridgehead atoms. The quantitative estimate of drug-likeness (QED) is 0.134. The number of benzene rings is 8.